The Balaban J connectivity index is 1.91. The number of hydrogen-bond acceptors (Lipinski definition) is 6. The summed E-state index contributed by atoms with van der Waals surface area (Å²) in [5, 5.41) is 7.25. The van der Waals surface area contributed by atoms with E-state index in [2.05, 4.69) is 10.4 Å². The molecule has 0 aromatic carbocycles. The Morgan fingerprint density at radius 2 is 2.12 bits per heavy atom. The molecule has 1 fully saturated rings. The molecule has 0 atom stereocenters. The molecule has 2 rings (SSSR count). The van der Waals surface area contributed by atoms with Crippen LogP contribution in [-0.2, 0) is 19.1 Å². The lowest BCUT2D eigenvalue weighted by Crippen LogP contribution is -2.39. The van der Waals surface area contributed by atoms with Crippen LogP contribution in [0.3, 0.4) is 0 Å². The molecule has 1 heterocycles. The van der Waals surface area contributed by atoms with Gasteiger partial charge in [0.15, 0.2) is 0 Å². The third kappa shape index (κ3) is 6.13. The number of aromatic nitrogens is 2. The largest absolute Gasteiger partial charge is 0.465 e. The minimum absolute atomic E-state index is 0.0620. The predicted molar refractivity (Wildman–Crippen MR) is 93.3 cm³/mol. The van der Waals surface area contributed by atoms with E-state index in [1.165, 1.54) is 12.8 Å². The van der Waals surface area contributed by atoms with Gasteiger partial charge in [0, 0.05) is 19.7 Å². The Morgan fingerprint density at radius 1 is 1.36 bits per heavy atom. The zero-order valence-electron chi connectivity index (χ0n) is 15.1. The maximum Gasteiger partial charge on any atom is 0.320 e. The first-order valence-corrected chi connectivity index (χ1v) is 8.84. The first kappa shape index (κ1) is 19.4. The average Bonchev–Trinajstić information content (AvgIpc) is 3.23. The van der Waals surface area contributed by atoms with Gasteiger partial charge in [0.1, 0.15) is 5.82 Å². The maximum absolute atomic E-state index is 12.4. The summed E-state index contributed by atoms with van der Waals surface area (Å²) in [4.78, 5) is 25.8. The summed E-state index contributed by atoms with van der Waals surface area (Å²) in [7, 11) is 1.59. The highest BCUT2D eigenvalue weighted by Crippen LogP contribution is 2.31. The number of ether oxygens (including phenoxy) is 2. The highest BCUT2D eigenvalue weighted by Gasteiger charge is 2.21. The number of carbonyl (C=O) groups is 2. The number of hydrogen-bond donors (Lipinski definition) is 1. The Kier molecular flexibility index (Phi) is 7.87. The van der Waals surface area contributed by atoms with Gasteiger partial charge in [-0.15, -0.1) is 0 Å². The van der Waals surface area contributed by atoms with Crippen molar-refractivity contribution in [2.45, 2.75) is 38.6 Å². The molecule has 1 aliphatic carbocycles. The SMILES string of the molecule is CCOC(=O)CN(CCOC)CC(=O)Nc1ccnn1C1CCCC1. The molecule has 140 valence electrons. The predicted octanol–water partition coefficient (Wildman–Crippen LogP) is 1.45. The Bertz CT molecular complexity index is 555. The summed E-state index contributed by atoms with van der Waals surface area (Å²) in [6, 6.07) is 2.16. The van der Waals surface area contributed by atoms with Crippen molar-refractivity contribution >= 4 is 17.7 Å². The van der Waals surface area contributed by atoms with Crippen LogP contribution in [0.2, 0.25) is 0 Å². The van der Waals surface area contributed by atoms with E-state index in [1.54, 1.807) is 31.2 Å². The minimum atomic E-state index is -0.345. The fourth-order valence-electron chi connectivity index (χ4n) is 3.06. The molecular formula is C17H28N4O4. The van der Waals surface area contributed by atoms with Gasteiger partial charge in [-0.2, -0.15) is 5.10 Å². The number of methoxy groups -OCH3 is 1. The molecule has 1 saturated carbocycles. The lowest BCUT2D eigenvalue weighted by Gasteiger charge is -2.21. The van der Waals surface area contributed by atoms with Gasteiger partial charge < -0.3 is 14.8 Å². The Hall–Kier alpha value is -1.93. The summed E-state index contributed by atoms with van der Waals surface area (Å²) in [5.74, 6) is 0.183. The van der Waals surface area contributed by atoms with Crippen LogP contribution in [0.25, 0.3) is 0 Å². The topological polar surface area (TPSA) is 85.7 Å². The van der Waals surface area contributed by atoms with Gasteiger partial charge in [-0.3, -0.25) is 14.5 Å². The summed E-state index contributed by atoms with van der Waals surface area (Å²) in [6.07, 6.45) is 6.28. The van der Waals surface area contributed by atoms with Crippen LogP contribution >= 0.6 is 0 Å². The van der Waals surface area contributed by atoms with Crippen molar-refractivity contribution < 1.29 is 19.1 Å². The number of carbonyl (C=O) groups excluding carboxylic acids is 2. The van der Waals surface area contributed by atoms with Crippen LogP contribution < -0.4 is 5.32 Å². The number of rotatable bonds is 10. The fraction of sp³-hybridized carbons (Fsp3) is 0.706. The Labute approximate surface area is 148 Å². The molecular weight excluding hydrogens is 324 g/mol. The summed E-state index contributed by atoms with van der Waals surface area (Å²) in [5.41, 5.74) is 0. The van der Waals surface area contributed by atoms with E-state index in [-0.39, 0.29) is 25.0 Å². The minimum Gasteiger partial charge on any atom is -0.465 e. The van der Waals surface area contributed by atoms with Crippen molar-refractivity contribution in [1.29, 1.82) is 0 Å². The standard InChI is InChI=1S/C17H28N4O4/c1-3-25-17(23)13-20(10-11-24-2)12-16(22)19-15-8-9-18-21(15)14-6-4-5-7-14/h8-9,14H,3-7,10-13H2,1-2H3,(H,19,22). The van der Waals surface area contributed by atoms with Gasteiger partial charge in [-0.25, -0.2) is 4.68 Å². The molecule has 0 spiro atoms. The van der Waals surface area contributed by atoms with E-state index in [4.69, 9.17) is 9.47 Å². The number of anilines is 1. The van der Waals surface area contributed by atoms with Crippen molar-refractivity contribution in [3.63, 3.8) is 0 Å². The normalized spacial score (nSPS) is 14.8. The van der Waals surface area contributed by atoms with E-state index < -0.39 is 0 Å². The third-order valence-electron chi connectivity index (χ3n) is 4.25. The van der Waals surface area contributed by atoms with Gasteiger partial charge in [-0.1, -0.05) is 12.8 Å². The molecule has 0 saturated heterocycles. The maximum atomic E-state index is 12.4. The van der Waals surface area contributed by atoms with Crippen LogP contribution in [0.4, 0.5) is 5.82 Å². The molecule has 8 heteroatoms. The number of nitrogens with one attached hydrogen (secondary N) is 1. The smallest absolute Gasteiger partial charge is 0.320 e. The summed E-state index contributed by atoms with van der Waals surface area (Å²) in [6.45, 7) is 3.15. The van der Waals surface area contributed by atoms with Crippen molar-refractivity contribution in [2.24, 2.45) is 0 Å². The summed E-state index contributed by atoms with van der Waals surface area (Å²) < 4.78 is 11.9. The zero-order chi connectivity index (χ0) is 18.1. The number of nitrogens with zero attached hydrogens (tertiary/aromatic N) is 3. The van der Waals surface area contributed by atoms with Gasteiger partial charge in [0.25, 0.3) is 0 Å². The van der Waals surface area contributed by atoms with Crippen molar-refractivity contribution in [3.05, 3.63) is 12.3 Å². The van der Waals surface area contributed by atoms with Gasteiger partial charge in [0.05, 0.1) is 38.5 Å². The van der Waals surface area contributed by atoms with E-state index in [1.807, 2.05) is 4.68 Å². The highest BCUT2D eigenvalue weighted by molar-refractivity contribution is 5.91. The number of esters is 1. The van der Waals surface area contributed by atoms with Crippen LogP contribution in [-0.4, -0.2) is 66.5 Å². The molecule has 8 nitrogen and oxygen atoms in total. The van der Waals surface area contributed by atoms with Crippen LogP contribution in [0, 0.1) is 0 Å². The molecule has 1 aromatic heterocycles. The van der Waals surface area contributed by atoms with Crippen LogP contribution in [0.5, 0.6) is 0 Å². The molecule has 1 aromatic rings. The molecule has 0 unspecified atom stereocenters. The number of amides is 1. The lowest BCUT2D eigenvalue weighted by atomic mass is 10.2. The second-order valence-corrected chi connectivity index (χ2v) is 6.16. The van der Waals surface area contributed by atoms with Gasteiger partial charge in [0.2, 0.25) is 5.91 Å². The van der Waals surface area contributed by atoms with Crippen molar-refractivity contribution in [3.8, 4) is 0 Å². The second kappa shape index (κ2) is 10.1. The third-order valence-corrected chi connectivity index (χ3v) is 4.25. The lowest BCUT2D eigenvalue weighted by molar-refractivity contribution is -0.144. The van der Waals surface area contributed by atoms with E-state index in [0.717, 1.165) is 12.8 Å². The molecule has 1 aliphatic rings. The molecule has 0 bridgehead atoms. The zero-order valence-corrected chi connectivity index (χ0v) is 15.1. The molecule has 0 radical (unpaired) electrons. The Morgan fingerprint density at radius 3 is 2.80 bits per heavy atom. The first-order valence-electron chi connectivity index (χ1n) is 8.84. The highest BCUT2D eigenvalue weighted by atomic mass is 16.5. The second-order valence-electron chi connectivity index (χ2n) is 6.16. The van der Waals surface area contributed by atoms with Crippen LogP contribution in [0.1, 0.15) is 38.6 Å². The van der Waals surface area contributed by atoms with Crippen molar-refractivity contribution in [1.82, 2.24) is 14.7 Å². The molecule has 0 aliphatic heterocycles. The monoisotopic (exact) mass is 352 g/mol. The molecule has 1 N–H and O–H groups in total. The van der Waals surface area contributed by atoms with E-state index in [9.17, 15) is 9.59 Å². The molecule has 1 amide bonds. The van der Waals surface area contributed by atoms with E-state index >= 15 is 0 Å². The van der Waals surface area contributed by atoms with Gasteiger partial charge in [-0.05, 0) is 19.8 Å². The van der Waals surface area contributed by atoms with Crippen LogP contribution in [0.15, 0.2) is 12.3 Å². The average molecular weight is 352 g/mol. The fourth-order valence-corrected chi connectivity index (χ4v) is 3.06. The van der Waals surface area contributed by atoms with Gasteiger partial charge >= 0.3 is 5.97 Å². The quantitative estimate of drug-likeness (QED) is 0.642. The first-order chi connectivity index (χ1) is 12.1. The van der Waals surface area contributed by atoms with Crippen molar-refractivity contribution in [2.75, 3.05) is 45.3 Å². The van der Waals surface area contributed by atoms with E-state index in [0.29, 0.717) is 31.6 Å². The summed E-state index contributed by atoms with van der Waals surface area (Å²) >= 11 is 0. The molecule has 25 heavy (non-hydrogen) atoms.